The summed E-state index contributed by atoms with van der Waals surface area (Å²) in [5, 5.41) is 20.6. The molecule has 0 aromatic heterocycles. The normalized spacial score (nSPS) is 17.1. The Bertz CT molecular complexity index is 1430. The predicted octanol–water partition coefficient (Wildman–Crippen LogP) is 3.86. The number of ether oxygens (including phenoxy) is 4. The maximum atomic E-state index is 13.2. The molecule has 0 fully saturated rings. The number of carbonyl (C=O) groups is 1. The number of hydrogen-bond acceptors (Lipinski definition) is 9. The number of amides is 1. The van der Waals surface area contributed by atoms with Crippen LogP contribution in [0.5, 0.6) is 23.0 Å². The molecule has 2 aromatic rings. The molecule has 1 amide bonds. The van der Waals surface area contributed by atoms with Crippen LogP contribution in [0.2, 0.25) is 0 Å². The smallest absolute Gasteiger partial charge is 0.258 e. The van der Waals surface area contributed by atoms with E-state index in [0.29, 0.717) is 44.1 Å². The van der Waals surface area contributed by atoms with E-state index in [0.717, 1.165) is 0 Å². The lowest BCUT2D eigenvalue weighted by molar-refractivity contribution is -0.122. The summed E-state index contributed by atoms with van der Waals surface area (Å²) in [5.74, 6) is 0.707. The van der Waals surface area contributed by atoms with Gasteiger partial charge in [0, 0.05) is 11.0 Å². The van der Waals surface area contributed by atoms with Gasteiger partial charge in [-0.2, -0.15) is 10.5 Å². The zero-order chi connectivity index (χ0) is 26.0. The summed E-state index contributed by atoms with van der Waals surface area (Å²) in [5.41, 5.74) is 7.98. The van der Waals surface area contributed by atoms with Crippen molar-refractivity contribution in [1.29, 1.82) is 10.5 Å². The monoisotopic (exact) mass is 502 g/mol. The van der Waals surface area contributed by atoms with Gasteiger partial charge in [-0.25, -0.2) is 0 Å². The van der Waals surface area contributed by atoms with E-state index in [-0.39, 0.29) is 17.0 Å². The minimum atomic E-state index is -0.795. The quantitative estimate of drug-likeness (QED) is 0.625. The van der Waals surface area contributed by atoms with Gasteiger partial charge in [0.15, 0.2) is 23.0 Å². The molecule has 0 radical (unpaired) electrons. The fraction of sp³-hybridized carbons (Fsp3) is 0.192. The number of nitrogens with two attached hydrogens (primary N) is 1. The lowest BCUT2D eigenvalue weighted by atomic mass is 9.83. The van der Waals surface area contributed by atoms with Crippen molar-refractivity contribution < 1.29 is 23.7 Å². The van der Waals surface area contributed by atoms with E-state index < -0.39 is 11.8 Å². The van der Waals surface area contributed by atoms with Crippen LogP contribution in [0, 0.1) is 22.7 Å². The molecule has 9 nitrogen and oxygen atoms in total. The first-order valence-corrected chi connectivity index (χ1v) is 11.5. The molecule has 0 aliphatic carbocycles. The second-order valence-corrected chi connectivity index (χ2v) is 8.67. The van der Waals surface area contributed by atoms with Crippen molar-refractivity contribution in [3.8, 4) is 35.1 Å². The Morgan fingerprint density at radius 2 is 1.44 bits per heavy atom. The Kier molecular flexibility index (Phi) is 6.82. The second kappa shape index (κ2) is 9.98. The summed E-state index contributed by atoms with van der Waals surface area (Å²) in [7, 11) is 6.08. The molecule has 2 N–H and O–H groups in total. The third-order valence-corrected chi connectivity index (χ3v) is 7.03. The molecule has 36 heavy (non-hydrogen) atoms. The molecule has 2 aliphatic rings. The van der Waals surface area contributed by atoms with E-state index in [2.05, 4.69) is 12.1 Å². The molecule has 2 heterocycles. The number of nitrogens with zero attached hydrogens (tertiary/aromatic N) is 3. The third kappa shape index (κ3) is 3.98. The van der Waals surface area contributed by atoms with Crippen LogP contribution >= 0.6 is 11.8 Å². The summed E-state index contributed by atoms with van der Waals surface area (Å²) in [6.07, 6.45) is 1.42. The molecular formula is C26H22N4O5S. The van der Waals surface area contributed by atoms with Crippen molar-refractivity contribution in [1.82, 2.24) is 4.90 Å². The average molecular weight is 503 g/mol. The summed E-state index contributed by atoms with van der Waals surface area (Å²) >= 11 is 1.22. The van der Waals surface area contributed by atoms with Crippen molar-refractivity contribution in [3.63, 3.8) is 0 Å². The highest BCUT2D eigenvalue weighted by atomic mass is 32.2. The van der Waals surface area contributed by atoms with Crippen molar-refractivity contribution in [2.24, 2.45) is 5.73 Å². The number of thioether (sulfide) groups is 1. The van der Waals surface area contributed by atoms with Gasteiger partial charge in [0.05, 0.1) is 57.6 Å². The summed E-state index contributed by atoms with van der Waals surface area (Å²) in [6, 6.07) is 14.7. The Morgan fingerprint density at radius 3 is 2.03 bits per heavy atom. The van der Waals surface area contributed by atoms with Crippen molar-refractivity contribution in [2.45, 2.75) is 5.92 Å². The average Bonchev–Trinajstić information content (AvgIpc) is 2.91. The van der Waals surface area contributed by atoms with E-state index in [1.54, 1.807) is 36.4 Å². The highest BCUT2D eigenvalue weighted by Crippen LogP contribution is 2.50. The van der Waals surface area contributed by atoms with Gasteiger partial charge < -0.3 is 24.7 Å². The number of allylic oxidation sites excluding steroid dienone is 2. The number of carbonyl (C=O) groups excluding carboxylic acids is 1. The molecule has 2 aliphatic heterocycles. The van der Waals surface area contributed by atoms with E-state index in [1.807, 2.05) is 0 Å². The fourth-order valence-corrected chi connectivity index (χ4v) is 5.29. The number of hydrogen-bond donors (Lipinski definition) is 1. The topological polar surface area (TPSA) is 131 Å². The summed E-state index contributed by atoms with van der Waals surface area (Å²) in [6.45, 7) is 0. The molecule has 0 spiro atoms. The zero-order valence-electron chi connectivity index (χ0n) is 20.0. The van der Waals surface area contributed by atoms with Crippen molar-refractivity contribution in [2.75, 3.05) is 28.4 Å². The standard InChI is InChI=1S/C26H22N4O5S/c1-32-18-7-5-14(9-20(18)34-3)22-11-23(31)30-25(29)16(12-27)24(17(13-28)26(30)36-22)15-6-8-19(33-2)21(10-15)35-4/h5-11,24H,29H2,1-4H3. The fourth-order valence-electron chi connectivity index (χ4n) is 4.13. The zero-order valence-corrected chi connectivity index (χ0v) is 20.8. The van der Waals surface area contributed by atoms with E-state index in [9.17, 15) is 15.3 Å². The maximum Gasteiger partial charge on any atom is 0.258 e. The molecule has 4 rings (SSSR count). The van der Waals surface area contributed by atoms with Crippen LogP contribution in [0.15, 0.2) is 64.5 Å². The summed E-state index contributed by atoms with van der Waals surface area (Å²) in [4.78, 5) is 15.0. The van der Waals surface area contributed by atoms with Crippen LogP contribution in [-0.4, -0.2) is 39.2 Å². The van der Waals surface area contributed by atoms with Gasteiger partial charge in [-0.15, -0.1) is 0 Å². The van der Waals surface area contributed by atoms with Gasteiger partial charge in [-0.1, -0.05) is 17.8 Å². The van der Waals surface area contributed by atoms with Gasteiger partial charge in [0.2, 0.25) is 0 Å². The molecule has 0 saturated heterocycles. The number of benzene rings is 2. The molecule has 1 unspecified atom stereocenters. The van der Waals surface area contributed by atoms with E-state index >= 15 is 0 Å². The Labute approximate surface area is 212 Å². The minimum absolute atomic E-state index is 0.0219. The molecular weight excluding hydrogens is 480 g/mol. The number of rotatable bonds is 6. The third-order valence-electron chi connectivity index (χ3n) is 5.86. The number of nitriles is 2. The van der Waals surface area contributed by atoms with Crippen LogP contribution in [0.4, 0.5) is 0 Å². The van der Waals surface area contributed by atoms with Crippen LogP contribution in [0.1, 0.15) is 17.0 Å². The van der Waals surface area contributed by atoms with Crippen molar-refractivity contribution >= 4 is 22.6 Å². The molecule has 0 bridgehead atoms. The minimum Gasteiger partial charge on any atom is -0.493 e. The lowest BCUT2D eigenvalue weighted by Gasteiger charge is -2.36. The predicted molar refractivity (Wildman–Crippen MR) is 134 cm³/mol. The van der Waals surface area contributed by atoms with E-state index in [1.165, 1.54) is 51.2 Å². The van der Waals surface area contributed by atoms with Crippen LogP contribution in [0.25, 0.3) is 4.91 Å². The van der Waals surface area contributed by atoms with Gasteiger partial charge in [-0.05, 0) is 41.5 Å². The molecule has 182 valence electrons. The highest BCUT2D eigenvalue weighted by Gasteiger charge is 2.41. The molecule has 2 aromatic carbocycles. The first kappa shape index (κ1) is 24.6. The van der Waals surface area contributed by atoms with Gasteiger partial charge in [0.1, 0.15) is 10.9 Å². The van der Waals surface area contributed by atoms with Gasteiger partial charge >= 0.3 is 0 Å². The van der Waals surface area contributed by atoms with Crippen molar-refractivity contribution in [3.05, 3.63) is 75.6 Å². The highest BCUT2D eigenvalue weighted by molar-refractivity contribution is 8.11. The first-order chi connectivity index (χ1) is 17.4. The SMILES string of the molecule is COc1ccc(C2=CC(=O)N3C(N)=C(C#N)C(c4ccc(OC)c(OC)c4)C(C#N)=C3S2)cc1OC. The lowest BCUT2D eigenvalue weighted by Crippen LogP contribution is -2.39. The summed E-state index contributed by atoms with van der Waals surface area (Å²) < 4.78 is 21.4. The van der Waals surface area contributed by atoms with Crippen LogP contribution < -0.4 is 24.7 Å². The second-order valence-electron chi connectivity index (χ2n) is 7.64. The van der Waals surface area contributed by atoms with E-state index in [4.69, 9.17) is 24.7 Å². The Hall–Kier alpha value is -4.54. The molecule has 10 heteroatoms. The number of methoxy groups -OCH3 is 4. The maximum absolute atomic E-state index is 13.2. The molecule has 0 saturated carbocycles. The van der Waals surface area contributed by atoms with Gasteiger partial charge in [0.25, 0.3) is 5.91 Å². The molecule has 1 atom stereocenters. The van der Waals surface area contributed by atoms with Crippen LogP contribution in [-0.2, 0) is 4.79 Å². The number of fused-ring (bicyclic) bond motifs is 1. The Morgan fingerprint density at radius 1 is 0.861 bits per heavy atom. The van der Waals surface area contributed by atoms with Crippen LogP contribution in [0.3, 0.4) is 0 Å². The largest absolute Gasteiger partial charge is 0.493 e. The first-order valence-electron chi connectivity index (χ1n) is 10.6. The Balaban J connectivity index is 1.88. The van der Waals surface area contributed by atoms with Gasteiger partial charge in [-0.3, -0.25) is 9.69 Å².